The van der Waals surface area contributed by atoms with E-state index in [0.29, 0.717) is 6.42 Å². The van der Waals surface area contributed by atoms with Gasteiger partial charge in [-0.2, -0.15) is 0 Å². The monoisotopic (exact) mass is 339 g/mol. The van der Waals surface area contributed by atoms with Crippen LogP contribution in [0.4, 0.5) is 0 Å². The molecule has 0 aromatic heterocycles. The molecule has 4 nitrogen and oxygen atoms in total. The van der Waals surface area contributed by atoms with Crippen LogP contribution in [-0.2, 0) is 9.59 Å². The number of amides is 2. The topological polar surface area (TPSA) is 66.4 Å². The smallest absolute Gasteiger partial charge is 0.252 e. The van der Waals surface area contributed by atoms with Gasteiger partial charge in [0.05, 0.1) is 0 Å². The fraction of sp³-hybridized carbons (Fsp3) is 0.800. The highest BCUT2D eigenvalue weighted by molar-refractivity contribution is 5.95. The molecule has 2 N–H and O–H groups in total. The lowest BCUT2D eigenvalue weighted by atomic mass is 10.1. The summed E-state index contributed by atoms with van der Waals surface area (Å²) in [6.45, 7) is 1.62. The summed E-state index contributed by atoms with van der Waals surface area (Å²) in [4.78, 5) is 22.1. The van der Waals surface area contributed by atoms with E-state index in [1.54, 1.807) is 0 Å². The van der Waals surface area contributed by atoms with Crippen LogP contribution >= 0.6 is 0 Å². The second-order valence-corrected chi connectivity index (χ2v) is 6.46. The summed E-state index contributed by atoms with van der Waals surface area (Å²) < 4.78 is 0. The van der Waals surface area contributed by atoms with Crippen LogP contribution < -0.4 is 5.32 Å². The summed E-state index contributed by atoms with van der Waals surface area (Å²) in [5.41, 5.74) is 0. The van der Waals surface area contributed by atoms with E-state index in [0.717, 1.165) is 25.7 Å². The maximum Gasteiger partial charge on any atom is 0.252 e. The van der Waals surface area contributed by atoms with Crippen LogP contribution in [0.3, 0.4) is 0 Å². The van der Waals surface area contributed by atoms with Crippen LogP contribution in [0, 0.1) is 0 Å². The van der Waals surface area contributed by atoms with Crippen molar-refractivity contribution in [3.05, 3.63) is 12.2 Å². The van der Waals surface area contributed by atoms with Crippen molar-refractivity contribution < 1.29 is 14.7 Å². The first-order valence-corrected chi connectivity index (χ1v) is 9.79. The van der Waals surface area contributed by atoms with Crippen LogP contribution in [0.2, 0.25) is 0 Å². The number of carbonyl (C=O) groups is 2. The van der Waals surface area contributed by atoms with E-state index in [9.17, 15) is 9.59 Å². The highest BCUT2D eigenvalue weighted by atomic mass is 16.3. The normalized spacial score (nSPS) is 11.1. The van der Waals surface area contributed by atoms with Gasteiger partial charge in [0.2, 0.25) is 5.91 Å². The first kappa shape index (κ1) is 22.8. The quantitative estimate of drug-likeness (QED) is 0.317. The van der Waals surface area contributed by atoms with Gasteiger partial charge in [0.1, 0.15) is 6.61 Å². The predicted octanol–water partition coefficient (Wildman–Crippen LogP) is 4.66. The number of nitrogens with one attached hydrogen (secondary N) is 1. The maximum atomic E-state index is 11.3. The maximum absolute atomic E-state index is 11.3. The number of aliphatic hydroxyl groups is 1. The second-order valence-electron chi connectivity index (χ2n) is 6.46. The molecule has 0 spiro atoms. The van der Waals surface area contributed by atoms with Crippen molar-refractivity contribution in [1.29, 1.82) is 0 Å². The van der Waals surface area contributed by atoms with Gasteiger partial charge in [-0.25, -0.2) is 0 Å². The van der Waals surface area contributed by atoms with Crippen molar-refractivity contribution in [2.75, 3.05) is 6.61 Å². The van der Waals surface area contributed by atoms with E-state index in [2.05, 4.69) is 24.4 Å². The van der Waals surface area contributed by atoms with Gasteiger partial charge in [-0.3, -0.25) is 14.9 Å². The summed E-state index contributed by atoms with van der Waals surface area (Å²) in [7, 11) is 0. The summed E-state index contributed by atoms with van der Waals surface area (Å²) in [5.74, 6) is -0.903. The van der Waals surface area contributed by atoms with Crippen LogP contribution in [0.1, 0.15) is 96.8 Å². The zero-order chi connectivity index (χ0) is 17.9. The molecule has 2 amide bonds. The molecule has 0 aliphatic heterocycles. The molecular weight excluding hydrogens is 302 g/mol. The largest absolute Gasteiger partial charge is 0.387 e. The van der Waals surface area contributed by atoms with E-state index in [1.807, 2.05) is 0 Å². The van der Waals surface area contributed by atoms with Gasteiger partial charge in [-0.15, -0.1) is 0 Å². The van der Waals surface area contributed by atoms with Gasteiger partial charge in [0, 0.05) is 6.42 Å². The third kappa shape index (κ3) is 17.2. The average molecular weight is 340 g/mol. The number of unbranched alkanes of at least 4 members (excludes halogenated alkanes) is 11. The Bertz CT molecular complexity index is 340. The average Bonchev–Trinajstić information content (AvgIpc) is 2.58. The predicted molar refractivity (Wildman–Crippen MR) is 99.7 cm³/mol. The number of hydrogen-bond donors (Lipinski definition) is 2. The third-order valence-corrected chi connectivity index (χ3v) is 4.09. The van der Waals surface area contributed by atoms with E-state index in [-0.39, 0.29) is 5.91 Å². The van der Waals surface area contributed by atoms with Gasteiger partial charge >= 0.3 is 0 Å². The minimum atomic E-state index is -0.627. The molecule has 0 rings (SSSR count). The molecule has 0 fully saturated rings. The van der Waals surface area contributed by atoms with Crippen molar-refractivity contribution >= 4 is 11.8 Å². The minimum Gasteiger partial charge on any atom is -0.387 e. The second kappa shape index (κ2) is 18.2. The number of imide groups is 1. The lowest BCUT2D eigenvalue weighted by Crippen LogP contribution is -2.32. The number of rotatable bonds is 16. The van der Waals surface area contributed by atoms with E-state index in [1.165, 1.54) is 57.8 Å². The molecule has 0 atom stereocenters. The SMILES string of the molecule is CCCCCCCC/C=C\CCCCCCCC(=O)NC(=O)CO. The third-order valence-electron chi connectivity index (χ3n) is 4.09. The van der Waals surface area contributed by atoms with Crippen LogP contribution in [0.5, 0.6) is 0 Å². The molecule has 0 aromatic rings. The van der Waals surface area contributed by atoms with Gasteiger partial charge in [0.15, 0.2) is 0 Å². The molecule has 0 unspecified atom stereocenters. The molecule has 4 heteroatoms. The number of hydrogen-bond acceptors (Lipinski definition) is 3. The molecule has 140 valence electrons. The Kier molecular flexibility index (Phi) is 17.3. The molecular formula is C20H37NO3. The zero-order valence-corrected chi connectivity index (χ0v) is 15.5. The summed E-state index contributed by atoms with van der Waals surface area (Å²) in [5, 5.41) is 10.7. The zero-order valence-electron chi connectivity index (χ0n) is 15.5. The number of carbonyl (C=O) groups excluding carboxylic acids is 2. The van der Waals surface area contributed by atoms with Gasteiger partial charge < -0.3 is 5.11 Å². The van der Waals surface area contributed by atoms with Crippen LogP contribution in [0.25, 0.3) is 0 Å². The van der Waals surface area contributed by atoms with Gasteiger partial charge in [-0.05, 0) is 32.1 Å². The fourth-order valence-electron chi connectivity index (χ4n) is 2.61. The lowest BCUT2D eigenvalue weighted by molar-refractivity contribution is -0.132. The summed E-state index contributed by atoms with van der Waals surface area (Å²) >= 11 is 0. The Hall–Kier alpha value is -1.16. The first-order valence-electron chi connectivity index (χ1n) is 9.79. The highest BCUT2D eigenvalue weighted by Gasteiger charge is 2.05. The molecule has 24 heavy (non-hydrogen) atoms. The molecule has 0 aliphatic rings. The summed E-state index contributed by atoms with van der Waals surface area (Å²) in [6.07, 6.45) is 20.9. The molecule has 0 saturated heterocycles. The molecule has 0 aromatic carbocycles. The standard InChI is InChI=1S/C20H37NO3/c1-2-3-4-5-6-7-8-9-10-11-12-13-14-15-16-17-19(23)21-20(24)18-22/h9-10,22H,2-8,11-18H2,1H3,(H,21,23,24)/b10-9-. The Morgan fingerprint density at radius 2 is 1.25 bits per heavy atom. The Labute approximate surface area is 148 Å². The van der Waals surface area contributed by atoms with Crippen molar-refractivity contribution in [3.63, 3.8) is 0 Å². The molecule has 0 heterocycles. The van der Waals surface area contributed by atoms with Gasteiger partial charge in [0.25, 0.3) is 5.91 Å². The first-order chi connectivity index (χ1) is 11.7. The Morgan fingerprint density at radius 1 is 0.750 bits per heavy atom. The van der Waals surface area contributed by atoms with Crippen LogP contribution in [-0.4, -0.2) is 23.5 Å². The number of aliphatic hydroxyl groups excluding tert-OH is 1. The highest BCUT2D eigenvalue weighted by Crippen LogP contribution is 2.09. The Morgan fingerprint density at radius 3 is 1.79 bits per heavy atom. The summed E-state index contributed by atoms with van der Waals surface area (Å²) in [6, 6.07) is 0. The van der Waals surface area contributed by atoms with Crippen LogP contribution in [0.15, 0.2) is 12.2 Å². The number of allylic oxidation sites excluding steroid dienone is 2. The van der Waals surface area contributed by atoms with Gasteiger partial charge in [-0.1, -0.05) is 70.4 Å². The molecule has 0 bridgehead atoms. The lowest BCUT2D eigenvalue weighted by Gasteiger charge is -2.02. The van der Waals surface area contributed by atoms with Crippen molar-refractivity contribution in [3.8, 4) is 0 Å². The minimum absolute atomic E-state index is 0.285. The van der Waals surface area contributed by atoms with E-state index in [4.69, 9.17) is 5.11 Å². The molecule has 0 radical (unpaired) electrons. The van der Waals surface area contributed by atoms with Crippen molar-refractivity contribution in [2.24, 2.45) is 0 Å². The Balaban J connectivity index is 3.23. The van der Waals surface area contributed by atoms with Crippen molar-refractivity contribution in [1.82, 2.24) is 5.32 Å². The van der Waals surface area contributed by atoms with Crippen molar-refractivity contribution in [2.45, 2.75) is 96.8 Å². The molecule has 0 saturated carbocycles. The molecule has 0 aliphatic carbocycles. The van der Waals surface area contributed by atoms with E-state index >= 15 is 0 Å². The fourth-order valence-corrected chi connectivity index (χ4v) is 2.61. The van der Waals surface area contributed by atoms with E-state index < -0.39 is 12.5 Å².